The highest BCUT2D eigenvalue weighted by Gasteiger charge is 2.52. The van der Waals surface area contributed by atoms with E-state index in [0.29, 0.717) is 61.7 Å². The highest BCUT2D eigenvalue weighted by Crippen LogP contribution is 2.57. The summed E-state index contributed by atoms with van der Waals surface area (Å²) in [4.78, 5) is 39.6. The highest BCUT2D eigenvalue weighted by molar-refractivity contribution is 5.96. The monoisotopic (exact) mass is 510 g/mol. The van der Waals surface area contributed by atoms with Crippen molar-refractivity contribution in [2.24, 2.45) is 29.6 Å². The predicted molar refractivity (Wildman–Crippen MR) is 135 cm³/mol. The second-order valence-electron chi connectivity index (χ2n) is 11.8. The van der Waals surface area contributed by atoms with Crippen molar-refractivity contribution in [1.82, 2.24) is 20.0 Å². The van der Waals surface area contributed by atoms with E-state index in [2.05, 4.69) is 16.5 Å². The molecule has 0 radical (unpaired) electrons. The molecule has 4 fully saturated rings. The quantitative estimate of drug-likeness (QED) is 0.519. The second kappa shape index (κ2) is 10.1. The Morgan fingerprint density at radius 1 is 1.08 bits per heavy atom. The van der Waals surface area contributed by atoms with Crippen LogP contribution >= 0.6 is 0 Å². The minimum Gasteiger partial charge on any atom is -0.481 e. The summed E-state index contributed by atoms with van der Waals surface area (Å²) in [6, 6.07) is 0.171. The average Bonchev–Trinajstić information content (AvgIpc) is 3.30. The van der Waals surface area contributed by atoms with Crippen LogP contribution in [0, 0.1) is 29.6 Å². The van der Waals surface area contributed by atoms with Crippen LogP contribution in [0.15, 0.2) is 17.8 Å². The molecule has 0 aromatic carbocycles. The Labute approximate surface area is 217 Å². The maximum absolute atomic E-state index is 13.5. The number of carbonyl (C=O) groups excluding carboxylic acids is 2. The number of carboxylic acid groups (broad SMARTS) is 1. The number of carboxylic acids is 1. The van der Waals surface area contributed by atoms with Crippen molar-refractivity contribution in [3.05, 3.63) is 23.4 Å². The van der Waals surface area contributed by atoms with E-state index in [0.717, 1.165) is 25.2 Å². The summed E-state index contributed by atoms with van der Waals surface area (Å²) < 4.78 is 7.80. The molecule has 0 spiro atoms. The SMILES string of the molecule is O=C(NC1C2CC=C3C(C2)CC31)c1cnn(CC(=O)N2CCC(C(=O)O)CC2)c1OCC1CCCCC1. The van der Waals surface area contributed by atoms with E-state index < -0.39 is 11.9 Å². The van der Waals surface area contributed by atoms with Gasteiger partial charge in [-0.2, -0.15) is 5.10 Å². The van der Waals surface area contributed by atoms with Crippen LogP contribution in [0.25, 0.3) is 0 Å². The van der Waals surface area contributed by atoms with E-state index in [1.807, 2.05) is 0 Å². The number of amides is 2. The largest absolute Gasteiger partial charge is 0.481 e. The third-order valence-corrected chi connectivity index (χ3v) is 9.62. The van der Waals surface area contributed by atoms with Crippen molar-refractivity contribution in [2.75, 3.05) is 19.7 Å². The van der Waals surface area contributed by atoms with Gasteiger partial charge in [0.05, 0.1) is 18.7 Å². The van der Waals surface area contributed by atoms with Gasteiger partial charge in [-0.3, -0.25) is 14.4 Å². The fraction of sp³-hybridized carbons (Fsp3) is 0.714. The Balaban J connectivity index is 1.16. The third-order valence-electron chi connectivity index (χ3n) is 9.62. The molecular weight excluding hydrogens is 472 g/mol. The first-order valence-electron chi connectivity index (χ1n) is 14.2. The molecule has 9 nitrogen and oxygen atoms in total. The van der Waals surface area contributed by atoms with E-state index in [1.165, 1.54) is 42.4 Å². The number of likely N-dealkylation sites (tertiary alicyclic amines) is 1. The van der Waals surface area contributed by atoms with E-state index in [4.69, 9.17) is 4.74 Å². The fourth-order valence-electron chi connectivity index (χ4n) is 7.39. The number of aliphatic carboxylic acids is 1. The number of aromatic nitrogens is 2. The van der Waals surface area contributed by atoms with Crippen LogP contribution in [0.5, 0.6) is 5.88 Å². The number of fused-ring (bicyclic) bond motifs is 1. The first kappa shape index (κ1) is 24.5. The number of nitrogens with zero attached hydrogens (tertiary/aromatic N) is 3. The molecule has 2 heterocycles. The molecule has 1 aliphatic heterocycles. The molecule has 7 rings (SSSR count). The molecule has 4 bridgehead atoms. The second-order valence-corrected chi connectivity index (χ2v) is 11.8. The number of piperidine rings is 1. The summed E-state index contributed by atoms with van der Waals surface area (Å²) in [7, 11) is 0. The zero-order chi connectivity index (χ0) is 25.5. The van der Waals surface area contributed by atoms with Crippen LogP contribution in [0.4, 0.5) is 0 Å². The van der Waals surface area contributed by atoms with Crippen molar-refractivity contribution < 1.29 is 24.2 Å². The van der Waals surface area contributed by atoms with Gasteiger partial charge in [-0.25, -0.2) is 4.68 Å². The molecule has 200 valence electrons. The van der Waals surface area contributed by atoms with Gasteiger partial charge >= 0.3 is 5.97 Å². The van der Waals surface area contributed by atoms with Crippen molar-refractivity contribution in [3.63, 3.8) is 0 Å². The third kappa shape index (κ3) is 4.77. The molecule has 1 saturated heterocycles. The Hall–Kier alpha value is -2.84. The van der Waals surface area contributed by atoms with Gasteiger partial charge in [0.25, 0.3) is 5.91 Å². The van der Waals surface area contributed by atoms with Crippen molar-refractivity contribution in [2.45, 2.75) is 76.8 Å². The van der Waals surface area contributed by atoms with E-state index in [1.54, 1.807) is 11.1 Å². The molecule has 9 heteroatoms. The Bertz CT molecular complexity index is 1080. The lowest BCUT2D eigenvalue weighted by atomic mass is 9.51. The standard InChI is InChI=1S/C28H38N4O5/c33-24(31-10-8-18(9-11-31)28(35)36)15-32-27(37-16-17-4-2-1-3-5-17)23(14-29-32)26(34)30-25-19-6-7-21-20(12-19)13-22(21)25/h7,14,17-20,22,25H,1-6,8-13,15-16H2,(H,30,34)(H,35,36). The molecule has 1 aromatic rings. The molecule has 37 heavy (non-hydrogen) atoms. The normalized spacial score (nSPS) is 29.4. The van der Waals surface area contributed by atoms with E-state index in [-0.39, 0.29) is 24.4 Å². The summed E-state index contributed by atoms with van der Waals surface area (Å²) in [5, 5.41) is 17.0. The molecule has 2 amide bonds. The van der Waals surface area contributed by atoms with Crippen LogP contribution in [-0.4, -0.2) is 63.3 Å². The predicted octanol–water partition coefficient (Wildman–Crippen LogP) is 3.25. The van der Waals surface area contributed by atoms with Crippen LogP contribution in [-0.2, 0) is 16.1 Å². The average molecular weight is 511 g/mol. The van der Waals surface area contributed by atoms with Gasteiger partial charge in [-0.1, -0.05) is 30.9 Å². The number of hydrogen-bond donors (Lipinski definition) is 2. The molecule has 3 saturated carbocycles. The highest BCUT2D eigenvalue weighted by atomic mass is 16.5. The maximum Gasteiger partial charge on any atom is 0.306 e. The summed E-state index contributed by atoms with van der Waals surface area (Å²) in [6.07, 6.45) is 14.1. The maximum atomic E-state index is 13.5. The smallest absolute Gasteiger partial charge is 0.306 e. The topological polar surface area (TPSA) is 114 Å². The van der Waals surface area contributed by atoms with Crippen LogP contribution in [0.1, 0.15) is 74.6 Å². The van der Waals surface area contributed by atoms with Crippen molar-refractivity contribution in [3.8, 4) is 5.88 Å². The summed E-state index contributed by atoms with van der Waals surface area (Å²) in [5.41, 5.74) is 1.94. The molecule has 6 aliphatic rings. The van der Waals surface area contributed by atoms with Gasteiger partial charge in [0.2, 0.25) is 11.8 Å². The zero-order valence-corrected chi connectivity index (χ0v) is 21.4. The molecular formula is C28H38N4O5. The Kier molecular flexibility index (Phi) is 6.71. The molecule has 4 atom stereocenters. The number of carbonyl (C=O) groups is 3. The van der Waals surface area contributed by atoms with Crippen LogP contribution in [0.2, 0.25) is 0 Å². The van der Waals surface area contributed by atoms with E-state index >= 15 is 0 Å². The van der Waals surface area contributed by atoms with Crippen LogP contribution < -0.4 is 10.1 Å². The van der Waals surface area contributed by atoms with Gasteiger partial charge in [0.1, 0.15) is 12.1 Å². The van der Waals surface area contributed by atoms with Crippen molar-refractivity contribution in [1.29, 1.82) is 0 Å². The Morgan fingerprint density at radius 2 is 1.86 bits per heavy atom. The van der Waals surface area contributed by atoms with Crippen molar-refractivity contribution >= 4 is 17.8 Å². The molecule has 4 unspecified atom stereocenters. The fourth-order valence-corrected chi connectivity index (χ4v) is 7.39. The number of hydrogen-bond acceptors (Lipinski definition) is 5. The zero-order valence-electron chi connectivity index (χ0n) is 21.4. The van der Waals surface area contributed by atoms with Gasteiger partial charge in [0.15, 0.2) is 0 Å². The minimum absolute atomic E-state index is 0.0196. The van der Waals surface area contributed by atoms with Gasteiger partial charge < -0.3 is 20.1 Å². The van der Waals surface area contributed by atoms with Crippen LogP contribution in [0.3, 0.4) is 0 Å². The Morgan fingerprint density at radius 3 is 2.54 bits per heavy atom. The lowest BCUT2D eigenvalue weighted by Gasteiger charge is -2.56. The van der Waals surface area contributed by atoms with Gasteiger partial charge in [-0.05, 0) is 62.7 Å². The van der Waals surface area contributed by atoms with Gasteiger partial charge in [0, 0.05) is 25.0 Å². The minimum atomic E-state index is -0.798. The van der Waals surface area contributed by atoms with E-state index in [9.17, 15) is 19.5 Å². The number of nitrogens with one attached hydrogen (secondary N) is 1. The molecule has 5 aliphatic carbocycles. The molecule has 2 N–H and O–H groups in total. The first-order chi connectivity index (χ1) is 18.0. The number of rotatable bonds is 8. The first-order valence-corrected chi connectivity index (χ1v) is 14.2. The lowest BCUT2D eigenvalue weighted by Crippen LogP contribution is -2.58. The van der Waals surface area contributed by atoms with Gasteiger partial charge in [-0.15, -0.1) is 0 Å². The summed E-state index contributed by atoms with van der Waals surface area (Å²) >= 11 is 0. The number of allylic oxidation sites excluding steroid dienone is 1. The number of ether oxygens (including phenoxy) is 1. The summed E-state index contributed by atoms with van der Waals surface area (Å²) in [6.45, 7) is 1.34. The summed E-state index contributed by atoms with van der Waals surface area (Å²) in [5.74, 6) is 1.05. The lowest BCUT2D eigenvalue weighted by molar-refractivity contribution is -0.145. The molecule has 1 aromatic heterocycles.